The van der Waals surface area contributed by atoms with Crippen molar-refractivity contribution in [2.45, 2.75) is 25.5 Å². The van der Waals surface area contributed by atoms with E-state index in [2.05, 4.69) is 16.7 Å². The van der Waals surface area contributed by atoms with Gasteiger partial charge < -0.3 is 20.1 Å². The Labute approximate surface area is 142 Å². The molecule has 24 heavy (non-hydrogen) atoms. The maximum atomic E-state index is 12.3. The number of benzene rings is 2. The highest BCUT2D eigenvalue weighted by Gasteiger charge is 2.29. The summed E-state index contributed by atoms with van der Waals surface area (Å²) in [6.07, 6.45) is 0. The Morgan fingerprint density at radius 2 is 2.00 bits per heavy atom. The minimum atomic E-state index is -0.226. The number of nitrogens with one attached hydrogen (secondary N) is 2. The van der Waals surface area contributed by atoms with Crippen molar-refractivity contribution in [3.05, 3.63) is 59.7 Å². The Morgan fingerprint density at radius 1 is 1.25 bits per heavy atom. The number of ether oxygens (including phenoxy) is 2. The highest BCUT2D eigenvalue weighted by Crippen LogP contribution is 2.35. The fourth-order valence-electron chi connectivity index (χ4n) is 2.99. The second kappa shape index (κ2) is 7.36. The van der Waals surface area contributed by atoms with E-state index in [0.717, 1.165) is 22.6 Å². The highest BCUT2D eigenvalue weighted by atomic mass is 16.5. The lowest BCUT2D eigenvalue weighted by atomic mass is 9.94. The van der Waals surface area contributed by atoms with E-state index < -0.39 is 0 Å². The number of hydrogen-bond donors (Lipinski definition) is 2. The number of carbonyl (C=O) groups is 1. The van der Waals surface area contributed by atoms with Gasteiger partial charge in [-0.1, -0.05) is 36.4 Å². The topological polar surface area (TPSA) is 59.6 Å². The van der Waals surface area contributed by atoms with E-state index in [1.54, 1.807) is 7.11 Å². The molecule has 5 nitrogen and oxygen atoms in total. The molecule has 0 aromatic heterocycles. The largest absolute Gasteiger partial charge is 0.493 e. The molecule has 0 spiro atoms. The summed E-state index contributed by atoms with van der Waals surface area (Å²) in [4.78, 5) is 12.3. The van der Waals surface area contributed by atoms with Gasteiger partial charge in [0.05, 0.1) is 13.2 Å². The van der Waals surface area contributed by atoms with E-state index in [1.807, 2.05) is 49.4 Å². The van der Waals surface area contributed by atoms with Crippen molar-refractivity contribution in [1.29, 1.82) is 0 Å². The van der Waals surface area contributed by atoms with Crippen LogP contribution in [-0.4, -0.2) is 25.8 Å². The minimum Gasteiger partial charge on any atom is -0.493 e. The fraction of sp³-hybridized carbons (Fsp3) is 0.316. The van der Waals surface area contributed by atoms with Crippen molar-refractivity contribution < 1.29 is 14.3 Å². The summed E-state index contributed by atoms with van der Waals surface area (Å²) in [5.74, 6) is 1.06. The summed E-state index contributed by atoms with van der Waals surface area (Å²) in [5, 5.41) is 5.91. The lowest BCUT2D eigenvalue weighted by Crippen LogP contribution is -2.40. The third kappa shape index (κ3) is 3.51. The highest BCUT2D eigenvalue weighted by molar-refractivity contribution is 5.90. The summed E-state index contributed by atoms with van der Waals surface area (Å²) in [5.41, 5.74) is 2.84. The summed E-state index contributed by atoms with van der Waals surface area (Å²) in [6, 6.07) is 15.3. The van der Waals surface area contributed by atoms with Crippen molar-refractivity contribution >= 4 is 11.7 Å². The van der Waals surface area contributed by atoms with Crippen molar-refractivity contribution in [1.82, 2.24) is 5.32 Å². The first-order valence-electron chi connectivity index (χ1n) is 8.05. The lowest BCUT2D eigenvalue weighted by Gasteiger charge is -2.20. The third-order valence-electron chi connectivity index (χ3n) is 4.26. The maximum absolute atomic E-state index is 12.3. The molecule has 0 unspecified atom stereocenters. The number of anilines is 1. The van der Waals surface area contributed by atoms with E-state index in [0.29, 0.717) is 13.2 Å². The van der Waals surface area contributed by atoms with Gasteiger partial charge in [0.15, 0.2) is 0 Å². The normalized spacial score (nSPS) is 16.8. The van der Waals surface area contributed by atoms with Crippen LogP contribution >= 0.6 is 0 Å². The maximum Gasteiger partial charge on any atom is 0.319 e. The van der Waals surface area contributed by atoms with E-state index in [9.17, 15) is 4.79 Å². The molecule has 2 atom stereocenters. The number of urea groups is 1. The molecule has 0 fully saturated rings. The number of fused-ring (bicyclic) bond motifs is 1. The Kier molecular flexibility index (Phi) is 5.01. The van der Waals surface area contributed by atoms with Crippen molar-refractivity contribution in [3.8, 4) is 5.75 Å². The van der Waals surface area contributed by atoms with Gasteiger partial charge in [-0.05, 0) is 19.1 Å². The molecular weight excluding hydrogens is 304 g/mol. The van der Waals surface area contributed by atoms with Gasteiger partial charge in [0.25, 0.3) is 0 Å². The molecule has 2 aromatic carbocycles. The summed E-state index contributed by atoms with van der Waals surface area (Å²) < 4.78 is 10.9. The molecule has 2 amide bonds. The van der Waals surface area contributed by atoms with E-state index >= 15 is 0 Å². The Balaban J connectivity index is 1.63. The molecule has 0 aliphatic carbocycles. The Hall–Kier alpha value is -2.53. The van der Waals surface area contributed by atoms with Crippen LogP contribution in [-0.2, 0) is 11.3 Å². The van der Waals surface area contributed by atoms with Crippen LogP contribution in [0.1, 0.15) is 24.0 Å². The molecule has 2 aromatic rings. The molecule has 0 radical (unpaired) electrons. The zero-order chi connectivity index (χ0) is 16.9. The van der Waals surface area contributed by atoms with Gasteiger partial charge in [0.1, 0.15) is 5.75 Å². The van der Waals surface area contributed by atoms with Gasteiger partial charge in [0, 0.05) is 35.9 Å². The van der Waals surface area contributed by atoms with Crippen LogP contribution in [0.2, 0.25) is 0 Å². The summed E-state index contributed by atoms with van der Waals surface area (Å²) in [7, 11) is 1.64. The monoisotopic (exact) mass is 326 g/mol. The van der Waals surface area contributed by atoms with E-state index in [1.165, 1.54) is 0 Å². The van der Waals surface area contributed by atoms with Gasteiger partial charge >= 0.3 is 6.03 Å². The smallest absolute Gasteiger partial charge is 0.319 e. The second-order valence-corrected chi connectivity index (χ2v) is 5.93. The van der Waals surface area contributed by atoms with Gasteiger partial charge in [-0.2, -0.15) is 0 Å². The molecule has 2 N–H and O–H groups in total. The number of amides is 2. The van der Waals surface area contributed by atoms with Gasteiger partial charge in [0.2, 0.25) is 0 Å². The molecule has 0 bridgehead atoms. The predicted octanol–water partition coefficient (Wildman–Crippen LogP) is 3.52. The molecule has 1 heterocycles. The molecular formula is C19H22N2O3. The second-order valence-electron chi connectivity index (χ2n) is 5.93. The van der Waals surface area contributed by atoms with Gasteiger partial charge in [-0.3, -0.25) is 0 Å². The molecule has 1 aliphatic heterocycles. The Morgan fingerprint density at radius 3 is 2.83 bits per heavy atom. The standard InChI is InChI=1S/C19H22N2O3/c1-13(16-12-24-18-10-6-4-8-15(16)18)20-19(22)21-17-9-5-3-7-14(17)11-23-2/h3-10,13,16H,11-12H2,1-2H3,(H2,20,21,22)/t13-,16+/m0/s1. The molecule has 126 valence electrons. The average molecular weight is 326 g/mol. The molecule has 0 saturated carbocycles. The number of carbonyl (C=O) groups excluding carboxylic acids is 1. The Bertz CT molecular complexity index is 717. The van der Waals surface area contributed by atoms with Gasteiger partial charge in [-0.25, -0.2) is 4.79 Å². The first kappa shape index (κ1) is 16.3. The van der Waals surface area contributed by atoms with Crippen molar-refractivity contribution in [2.75, 3.05) is 19.0 Å². The quantitative estimate of drug-likeness (QED) is 0.884. The van der Waals surface area contributed by atoms with Crippen LogP contribution in [0.3, 0.4) is 0 Å². The van der Waals surface area contributed by atoms with Crippen LogP contribution in [0.5, 0.6) is 5.75 Å². The lowest BCUT2D eigenvalue weighted by molar-refractivity contribution is 0.185. The summed E-state index contributed by atoms with van der Waals surface area (Å²) >= 11 is 0. The van der Waals surface area contributed by atoms with Crippen molar-refractivity contribution in [3.63, 3.8) is 0 Å². The zero-order valence-corrected chi connectivity index (χ0v) is 13.9. The van der Waals surface area contributed by atoms with Crippen molar-refractivity contribution in [2.24, 2.45) is 0 Å². The zero-order valence-electron chi connectivity index (χ0n) is 13.9. The van der Waals surface area contributed by atoms with E-state index in [4.69, 9.17) is 9.47 Å². The predicted molar refractivity (Wildman–Crippen MR) is 93.4 cm³/mol. The number of methoxy groups -OCH3 is 1. The SMILES string of the molecule is COCc1ccccc1NC(=O)N[C@@H](C)[C@H]1COc2ccccc21. The van der Waals surface area contributed by atoms with E-state index in [-0.39, 0.29) is 18.0 Å². The first-order chi connectivity index (χ1) is 11.7. The fourth-order valence-corrected chi connectivity index (χ4v) is 2.99. The third-order valence-corrected chi connectivity index (χ3v) is 4.26. The number of hydrogen-bond acceptors (Lipinski definition) is 3. The number of rotatable bonds is 5. The van der Waals surface area contributed by atoms with Crippen LogP contribution in [0.25, 0.3) is 0 Å². The van der Waals surface area contributed by atoms with Crippen LogP contribution in [0.15, 0.2) is 48.5 Å². The summed E-state index contributed by atoms with van der Waals surface area (Å²) in [6.45, 7) is 3.04. The molecule has 1 aliphatic rings. The van der Waals surface area contributed by atoms with Crippen LogP contribution in [0, 0.1) is 0 Å². The van der Waals surface area contributed by atoms with Crippen LogP contribution in [0.4, 0.5) is 10.5 Å². The molecule has 0 saturated heterocycles. The minimum absolute atomic E-state index is 0.0387. The molecule has 3 rings (SSSR count). The molecule has 5 heteroatoms. The van der Waals surface area contributed by atoms with Crippen LogP contribution < -0.4 is 15.4 Å². The average Bonchev–Trinajstić information content (AvgIpc) is 3.01. The first-order valence-corrected chi connectivity index (χ1v) is 8.05. The van der Waals surface area contributed by atoms with Gasteiger partial charge in [-0.15, -0.1) is 0 Å². The number of para-hydroxylation sites is 2.